The van der Waals surface area contributed by atoms with Crippen LogP contribution in [0.3, 0.4) is 0 Å². The highest BCUT2D eigenvalue weighted by molar-refractivity contribution is 7.23. The van der Waals surface area contributed by atoms with Gasteiger partial charge in [0, 0.05) is 38.2 Å². The van der Waals surface area contributed by atoms with Gasteiger partial charge in [-0.1, -0.05) is 6.07 Å². The second kappa shape index (κ2) is 4.33. The number of nitrogens with zero attached hydrogens (tertiary/aromatic N) is 2. The number of hydrogen-bond donors (Lipinski definition) is 0. The van der Waals surface area contributed by atoms with Gasteiger partial charge >= 0.3 is 0 Å². The molecule has 4 heterocycles. The minimum atomic E-state index is 0.823. The lowest BCUT2D eigenvalue weighted by molar-refractivity contribution is 1.12. The van der Waals surface area contributed by atoms with Crippen LogP contribution in [0.15, 0.2) is 48.1 Å². The lowest BCUT2D eigenvalue weighted by Crippen LogP contribution is -1.88. The molecule has 1 radical (unpaired) electrons. The van der Waals surface area contributed by atoms with Crippen LogP contribution in [0.25, 0.3) is 26.3 Å². The first kappa shape index (κ1) is 11.0. The molecule has 0 aliphatic carbocycles. The normalized spacial score (nSPS) is 12.4. The molecule has 19 heavy (non-hydrogen) atoms. The second-order valence-electron chi connectivity index (χ2n) is 4.18. The largest absolute Gasteiger partial charge is 0.237 e. The van der Waals surface area contributed by atoms with E-state index in [4.69, 9.17) is 0 Å². The molecular formula is C15H9N2S2. The summed E-state index contributed by atoms with van der Waals surface area (Å²) in [6.45, 7) is 0. The third-order valence-electron chi connectivity index (χ3n) is 3.04. The van der Waals surface area contributed by atoms with Gasteiger partial charge in [-0.05, 0) is 35.7 Å². The van der Waals surface area contributed by atoms with E-state index in [0.717, 1.165) is 11.4 Å². The lowest BCUT2D eigenvalue weighted by Gasteiger charge is -2.03. The summed E-state index contributed by atoms with van der Waals surface area (Å²) in [4.78, 5) is 8.18. The molecule has 1 aliphatic heterocycles. The first-order chi connectivity index (χ1) is 9.42. The molecule has 1 aliphatic rings. The molecule has 3 aromatic heterocycles. The fourth-order valence-electron chi connectivity index (χ4n) is 2.16. The van der Waals surface area contributed by atoms with Crippen molar-refractivity contribution >= 4 is 34.6 Å². The smallest absolute Gasteiger partial charge is 0.159 e. The standard InChI is InChI=1S/C15H9N2S2/c1-2-13(18-9-1)14-4-3-12(19-14)10-5-7-16-15-11(10)6-8-17-15/h1-9H. The van der Waals surface area contributed by atoms with Crippen LogP contribution in [0.2, 0.25) is 0 Å². The quantitative estimate of drug-likeness (QED) is 0.665. The molecule has 0 unspecified atom stereocenters. The molecule has 91 valence electrons. The van der Waals surface area contributed by atoms with Crippen LogP contribution >= 0.6 is 22.7 Å². The number of hydrogen-bond acceptors (Lipinski definition) is 3. The Morgan fingerprint density at radius 2 is 1.89 bits per heavy atom. The Kier molecular flexibility index (Phi) is 2.50. The molecule has 4 rings (SSSR count). The molecule has 0 saturated heterocycles. The van der Waals surface area contributed by atoms with Crippen molar-refractivity contribution in [2.75, 3.05) is 0 Å². The highest BCUT2D eigenvalue weighted by Crippen LogP contribution is 2.39. The van der Waals surface area contributed by atoms with Crippen LogP contribution in [-0.4, -0.2) is 4.98 Å². The second-order valence-corrected chi connectivity index (χ2v) is 6.21. The van der Waals surface area contributed by atoms with E-state index in [1.165, 1.54) is 20.2 Å². The zero-order valence-electron chi connectivity index (χ0n) is 9.91. The first-order valence-electron chi connectivity index (χ1n) is 5.92. The van der Waals surface area contributed by atoms with Crippen molar-refractivity contribution in [3.63, 3.8) is 0 Å². The molecule has 0 spiro atoms. The topological polar surface area (TPSA) is 27.0 Å². The van der Waals surface area contributed by atoms with E-state index >= 15 is 0 Å². The molecule has 3 aromatic rings. The van der Waals surface area contributed by atoms with Gasteiger partial charge in [0.15, 0.2) is 5.82 Å². The van der Waals surface area contributed by atoms with Gasteiger partial charge in [0.1, 0.15) is 0 Å². The number of thiophene rings is 2. The summed E-state index contributed by atoms with van der Waals surface area (Å²) in [5.74, 6) is 0.823. The van der Waals surface area contributed by atoms with Gasteiger partial charge in [-0.25, -0.2) is 10.3 Å². The zero-order valence-corrected chi connectivity index (χ0v) is 11.5. The van der Waals surface area contributed by atoms with Gasteiger partial charge in [-0.3, -0.25) is 0 Å². The zero-order chi connectivity index (χ0) is 12.7. The number of rotatable bonds is 2. The summed E-state index contributed by atoms with van der Waals surface area (Å²) < 4.78 is 0. The monoisotopic (exact) mass is 281 g/mol. The Morgan fingerprint density at radius 3 is 2.79 bits per heavy atom. The molecular weight excluding hydrogens is 272 g/mol. The molecule has 0 saturated carbocycles. The van der Waals surface area contributed by atoms with E-state index in [0.29, 0.717) is 0 Å². The maximum Gasteiger partial charge on any atom is 0.159 e. The predicted octanol–water partition coefficient (Wildman–Crippen LogP) is 4.76. The van der Waals surface area contributed by atoms with Crippen LogP contribution in [0.4, 0.5) is 5.82 Å². The van der Waals surface area contributed by atoms with Crippen molar-refractivity contribution in [3.8, 4) is 20.2 Å². The van der Waals surface area contributed by atoms with Crippen molar-refractivity contribution in [2.24, 2.45) is 0 Å². The fraction of sp³-hybridized carbons (Fsp3) is 0. The summed E-state index contributed by atoms with van der Waals surface area (Å²) in [5.41, 5.74) is 2.34. The predicted molar refractivity (Wildman–Crippen MR) is 81.7 cm³/mol. The van der Waals surface area contributed by atoms with E-state index in [9.17, 15) is 0 Å². The number of fused-ring (bicyclic) bond motifs is 1. The van der Waals surface area contributed by atoms with Crippen LogP contribution in [-0.2, 0) is 0 Å². The minimum absolute atomic E-state index is 0.823. The van der Waals surface area contributed by atoms with E-state index in [2.05, 4.69) is 46.0 Å². The van der Waals surface area contributed by atoms with Crippen LogP contribution in [0.1, 0.15) is 5.56 Å². The average Bonchev–Trinajstić information content (AvgIpc) is 3.18. The highest BCUT2D eigenvalue weighted by Gasteiger charge is 2.15. The van der Waals surface area contributed by atoms with Gasteiger partial charge in [0.2, 0.25) is 0 Å². The van der Waals surface area contributed by atoms with Gasteiger partial charge in [-0.2, -0.15) is 0 Å². The van der Waals surface area contributed by atoms with Crippen molar-refractivity contribution in [3.05, 3.63) is 53.7 Å². The maximum atomic E-state index is 4.28. The van der Waals surface area contributed by atoms with Crippen LogP contribution in [0, 0.1) is 0 Å². The van der Waals surface area contributed by atoms with Crippen molar-refractivity contribution in [1.82, 2.24) is 10.3 Å². The summed E-state index contributed by atoms with van der Waals surface area (Å²) in [6.07, 6.45) is 5.67. The molecule has 0 fully saturated rings. The molecule has 2 nitrogen and oxygen atoms in total. The van der Waals surface area contributed by atoms with Gasteiger partial charge < -0.3 is 0 Å². The third kappa shape index (κ3) is 1.80. The van der Waals surface area contributed by atoms with E-state index in [1.807, 2.05) is 29.8 Å². The Labute approximate surface area is 119 Å². The number of aromatic nitrogens is 1. The van der Waals surface area contributed by atoms with Crippen LogP contribution < -0.4 is 5.32 Å². The summed E-state index contributed by atoms with van der Waals surface area (Å²) in [7, 11) is 0. The van der Waals surface area contributed by atoms with Crippen molar-refractivity contribution in [2.45, 2.75) is 0 Å². The summed E-state index contributed by atoms with van der Waals surface area (Å²) >= 11 is 3.59. The minimum Gasteiger partial charge on any atom is -0.237 e. The molecule has 0 bridgehead atoms. The summed E-state index contributed by atoms with van der Waals surface area (Å²) in [6, 6.07) is 10.7. The van der Waals surface area contributed by atoms with Gasteiger partial charge in [0.05, 0.1) is 0 Å². The van der Waals surface area contributed by atoms with E-state index < -0.39 is 0 Å². The molecule has 0 aromatic carbocycles. The third-order valence-corrected chi connectivity index (χ3v) is 5.23. The molecule has 0 amide bonds. The van der Waals surface area contributed by atoms with E-state index in [-0.39, 0.29) is 0 Å². The Balaban J connectivity index is 1.82. The Bertz CT molecular complexity index is 754. The SMILES string of the molecule is C1=Cc2c(-c3ccc(-c4cccs4)s3)ccnc2[N]1. The summed E-state index contributed by atoms with van der Waals surface area (Å²) in [5, 5.41) is 6.37. The van der Waals surface area contributed by atoms with Gasteiger partial charge in [0.25, 0.3) is 0 Å². The van der Waals surface area contributed by atoms with Crippen molar-refractivity contribution in [1.29, 1.82) is 0 Å². The van der Waals surface area contributed by atoms with Crippen LogP contribution in [0.5, 0.6) is 0 Å². The van der Waals surface area contributed by atoms with Gasteiger partial charge in [-0.15, -0.1) is 22.7 Å². The molecule has 0 N–H and O–H groups in total. The molecule has 0 atom stereocenters. The van der Waals surface area contributed by atoms with E-state index in [1.54, 1.807) is 11.3 Å². The number of pyridine rings is 1. The Hall–Kier alpha value is -1.91. The van der Waals surface area contributed by atoms with Crippen molar-refractivity contribution < 1.29 is 0 Å². The molecule has 4 heteroatoms. The lowest BCUT2D eigenvalue weighted by atomic mass is 10.1. The highest BCUT2D eigenvalue weighted by atomic mass is 32.1. The Morgan fingerprint density at radius 1 is 0.947 bits per heavy atom. The maximum absolute atomic E-state index is 4.28. The fourth-order valence-corrected chi connectivity index (χ4v) is 4.04. The first-order valence-corrected chi connectivity index (χ1v) is 7.62. The average molecular weight is 281 g/mol.